The molecule has 0 radical (unpaired) electrons. The summed E-state index contributed by atoms with van der Waals surface area (Å²) in [6.07, 6.45) is 1.37. The van der Waals surface area contributed by atoms with E-state index in [0.717, 1.165) is 0 Å². The monoisotopic (exact) mass is 342 g/mol. The number of ether oxygens (including phenoxy) is 3. The first-order valence-electron chi connectivity index (χ1n) is 8.76. The van der Waals surface area contributed by atoms with Crippen molar-refractivity contribution in [1.82, 2.24) is 0 Å². The van der Waals surface area contributed by atoms with E-state index in [2.05, 4.69) is 0 Å². The second kappa shape index (κ2) is 7.03. The standard InChI is InChI=1S/C19H34O5/c1-9-19(10-11-22-13-19)24-14(20)12-23-15(21)18(8,16(2,3)4)17(5,6)7/h9-13H2,1-8H3. The van der Waals surface area contributed by atoms with Crippen LogP contribution < -0.4 is 0 Å². The Hall–Kier alpha value is -1.10. The predicted octanol–water partition coefficient (Wildman–Crippen LogP) is 3.74. The minimum absolute atomic E-state index is 0.309. The normalized spacial score (nSPS) is 22.3. The predicted molar refractivity (Wildman–Crippen MR) is 92.5 cm³/mol. The van der Waals surface area contributed by atoms with Gasteiger partial charge in [-0.25, -0.2) is 4.79 Å². The fraction of sp³-hybridized carbons (Fsp3) is 0.895. The van der Waals surface area contributed by atoms with Crippen molar-refractivity contribution in [3.63, 3.8) is 0 Å². The molecular weight excluding hydrogens is 308 g/mol. The maximum atomic E-state index is 12.8. The number of hydrogen-bond donors (Lipinski definition) is 0. The molecule has 1 rings (SSSR count). The van der Waals surface area contributed by atoms with Crippen LogP contribution in [0.25, 0.3) is 0 Å². The van der Waals surface area contributed by atoms with Crippen LogP contribution >= 0.6 is 0 Å². The maximum Gasteiger partial charge on any atom is 0.344 e. The van der Waals surface area contributed by atoms with Crippen LogP contribution in [0.2, 0.25) is 0 Å². The van der Waals surface area contributed by atoms with Gasteiger partial charge in [0.25, 0.3) is 0 Å². The van der Waals surface area contributed by atoms with Gasteiger partial charge in [-0.05, 0) is 24.2 Å². The van der Waals surface area contributed by atoms with E-state index in [1.54, 1.807) is 0 Å². The van der Waals surface area contributed by atoms with Crippen LogP contribution in [0.15, 0.2) is 0 Å². The highest BCUT2D eigenvalue weighted by molar-refractivity contribution is 5.81. The molecule has 0 bridgehead atoms. The number of rotatable bonds is 5. The molecule has 5 nitrogen and oxygen atoms in total. The lowest BCUT2D eigenvalue weighted by molar-refractivity contribution is -0.183. The summed E-state index contributed by atoms with van der Waals surface area (Å²) >= 11 is 0. The first-order valence-corrected chi connectivity index (χ1v) is 8.76. The van der Waals surface area contributed by atoms with E-state index in [0.29, 0.717) is 26.1 Å². The van der Waals surface area contributed by atoms with Gasteiger partial charge in [0, 0.05) is 6.42 Å². The molecule has 0 aromatic carbocycles. The van der Waals surface area contributed by atoms with Gasteiger partial charge in [0.2, 0.25) is 0 Å². The van der Waals surface area contributed by atoms with E-state index in [-0.39, 0.29) is 23.4 Å². The summed E-state index contributed by atoms with van der Waals surface area (Å²) in [5, 5.41) is 0. The lowest BCUT2D eigenvalue weighted by Crippen LogP contribution is -2.51. The fourth-order valence-electron chi connectivity index (χ4n) is 3.30. The molecule has 1 heterocycles. The zero-order valence-corrected chi connectivity index (χ0v) is 16.6. The lowest BCUT2D eigenvalue weighted by atomic mass is 9.55. The van der Waals surface area contributed by atoms with Crippen molar-refractivity contribution < 1.29 is 23.8 Å². The number of hydrogen-bond acceptors (Lipinski definition) is 5. The Morgan fingerprint density at radius 3 is 1.96 bits per heavy atom. The van der Waals surface area contributed by atoms with Gasteiger partial charge in [-0.3, -0.25) is 4.79 Å². The molecule has 1 atom stereocenters. The summed E-state index contributed by atoms with van der Waals surface area (Å²) in [6, 6.07) is 0. The zero-order chi connectivity index (χ0) is 18.8. The molecule has 0 aliphatic carbocycles. The van der Waals surface area contributed by atoms with Crippen LogP contribution in [-0.2, 0) is 23.8 Å². The Labute approximate surface area is 146 Å². The Balaban J connectivity index is 2.75. The van der Waals surface area contributed by atoms with Gasteiger partial charge in [-0.1, -0.05) is 48.5 Å². The third kappa shape index (κ3) is 4.11. The minimum atomic E-state index is -0.737. The van der Waals surface area contributed by atoms with Crippen LogP contribution in [0.5, 0.6) is 0 Å². The van der Waals surface area contributed by atoms with Crippen molar-refractivity contribution in [2.45, 2.75) is 73.8 Å². The van der Waals surface area contributed by atoms with E-state index in [1.807, 2.05) is 55.4 Å². The first kappa shape index (κ1) is 20.9. The van der Waals surface area contributed by atoms with Crippen LogP contribution in [0.1, 0.15) is 68.2 Å². The van der Waals surface area contributed by atoms with E-state index >= 15 is 0 Å². The highest BCUT2D eigenvalue weighted by Gasteiger charge is 2.53. The Kier molecular flexibility index (Phi) is 6.13. The zero-order valence-electron chi connectivity index (χ0n) is 16.6. The molecule has 0 amide bonds. The first-order chi connectivity index (χ1) is 10.8. The van der Waals surface area contributed by atoms with Crippen molar-refractivity contribution in [2.75, 3.05) is 19.8 Å². The SMILES string of the molecule is CCC1(OC(=O)COC(=O)C(C)(C(C)(C)C)C(C)(C)C)CCOC1. The van der Waals surface area contributed by atoms with Crippen molar-refractivity contribution >= 4 is 11.9 Å². The summed E-state index contributed by atoms with van der Waals surface area (Å²) in [7, 11) is 0. The van der Waals surface area contributed by atoms with Gasteiger partial charge >= 0.3 is 11.9 Å². The Bertz CT molecular complexity index is 447. The van der Waals surface area contributed by atoms with Gasteiger partial charge in [0.1, 0.15) is 5.60 Å². The van der Waals surface area contributed by atoms with E-state index < -0.39 is 17.0 Å². The molecule has 0 spiro atoms. The number of esters is 2. The van der Waals surface area contributed by atoms with Crippen molar-refractivity contribution in [2.24, 2.45) is 16.2 Å². The average Bonchev–Trinajstić information content (AvgIpc) is 2.90. The maximum absolute atomic E-state index is 12.8. The van der Waals surface area contributed by atoms with Gasteiger partial charge < -0.3 is 14.2 Å². The smallest absolute Gasteiger partial charge is 0.344 e. The molecular formula is C19H34O5. The van der Waals surface area contributed by atoms with Gasteiger partial charge in [-0.2, -0.15) is 0 Å². The van der Waals surface area contributed by atoms with E-state index in [4.69, 9.17) is 14.2 Å². The molecule has 5 heteroatoms. The third-order valence-corrected chi connectivity index (χ3v) is 5.77. The van der Waals surface area contributed by atoms with Gasteiger partial charge in [-0.15, -0.1) is 0 Å². The van der Waals surface area contributed by atoms with Crippen LogP contribution in [0.4, 0.5) is 0 Å². The molecule has 0 aromatic heterocycles. The lowest BCUT2D eigenvalue weighted by Gasteiger charge is -2.48. The molecule has 24 heavy (non-hydrogen) atoms. The Morgan fingerprint density at radius 1 is 1.04 bits per heavy atom. The van der Waals surface area contributed by atoms with Crippen molar-refractivity contribution in [3.05, 3.63) is 0 Å². The molecule has 1 aliphatic heterocycles. The topological polar surface area (TPSA) is 61.8 Å². The van der Waals surface area contributed by atoms with Gasteiger partial charge in [0.15, 0.2) is 6.61 Å². The quantitative estimate of drug-likeness (QED) is 0.712. The summed E-state index contributed by atoms with van der Waals surface area (Å²) < 4.78 is 16.2. The molecule has 140 valence electrons. The second-order valence-corrected chi connectivity index (χ2v) is 9.01. The molecule has 1 aliphatic rings. The highest BCUT2D eigenvalue weighted by atomic mass is 16.6. The van der Waals surface area contributed by atoms with E-state index in [9.17, 15) is 9.59 Å². The third-order valence-electron chi connectivity index (χ3n) is 5.77. The number of carbonyl (C=O) groups is 2. The molecule has 1 fully saturated rings. The summed E-state index contributed by atoms with van der Waals surface area (Å²) in [4.78, 5) is 24.9. The molecule has 0 aromatic rings. The largest absolute Gasteiger partial charge is 0.454 e. The van der Waals surface area contributed by atoms with Crippen LogP contribution in [0.3, 0.4) is 0 Å². The summed E-state index contributed by atoms with van der Waals surface area (Å²) in [6.45, 7) is 16.6. The van der Waals surface area contributed by atoms with Crippen LogP contribution in [0, 0.1) is 16.2 Å². The van der Waals surface area contributed by atoms with Crippen LogP contribution in [-0.4, -0.2) is 37.4 Å². The Morgan fingerprint density at radius 2 is 1.58 bits per heavy atom. The molecule has 0 saturated carbocycles. The second-order valence-electron chi connectivity index (χ2n) is 9.01. The number of carbonyl (C=O) groups excluding carboxylic acids is 2. The highest BCUT2D eigenvalue weighted by Crippen LogP contribution is 2.52. The van der Waals surface area contributed by atoms with Gasteiger partial charge in [0.05, 0.1) is 18.6 Å². The van der Waals surface area contributed by atoms with E-state index in [1.165, 1.54) is 0 Å². The fourth-order valence-corrected chi connectivity index (χ4v) is 3.30. The summed E-state index contributed by atoms with van der Waals surface area (Å²) in [5.41, 5.74) is -1.92. The summed E-state index contributed by atoms with van der Waals surface area (Å²) in [5.74, 6) is -0.881. The van der Waals surface area contributed by atoms with Crippen molar-refractivity contribution in [1.29, 1.82) is 0 Å². The minimum Gasteiger partial charge on any atom is -0.454 e. The molecule has 1 unspecified atom stereocenters. The average molecular weight is 342 g/mol. The molecule has 0 N–H and O–H groups in total. The molecule has 1 saturated heterocycles. The van der Waals surface area contributed by atoms with Crippen molar-refractivity contribution in [3.8, 4) is 0 Å².